The fourth-order valence-corrected chi connectivity index (χ4v) is 5.04. The van der Waals surface area contributed by atoms with E-state index in [9.17, 15) is 18.0 Å². The van der Waals surface area contributed by atoms with Gasteiger partial charge in [0, 0.05) is 44.7 Å². The Bertz CT molecular complexity index is 1050. The number of hydrogen-bond acceptors (Lipinski definition) is 5. The van der Waals surface area contributed by atoms with Crippen LogP contribution >= 0.6 is 0 Å². The first-order valence-electron chi connectivity index (χ1n) is 10.3. The minimum absolute atomic E-state index is 0.0647. The van der Waals surface area contributed by atoms with Crippen LogP contribution in [0.25, 0.3) is 0 Å². The van der Waals surface area contributed by atoms with Gasteiger partial charge in [-0.25, -0.2) is 8.42 Å². The molecule has 1 fully saturated rings. The van der Waals surface area contributed by atoms with E-state index < -0.39 is 10.0 Å². The predicted molar refractivity (Wildman–Crippen MR) is 116 cm³/mol. The molecular formula is C22H29N3O5S. The smallest absolute Gasteiger partial charge is 0.254 e. The summed E-state index contributed by atoms with van der Waals surface area (Å²) in [4.78, 5) is 28.1. The van der Waals surface area contributed by atoms with Gasteiger partial charge < -0.3 is 14.2 Å². The first kappa shape index (κ1) is 23.0. The van der Waals surface area contributed by atoms with E-state index in [0.29, 0.717) is 31.0 Å². The highest BCUT2D eigenvalue weighted by molar-refractivity contribution is 7.89. The first-order chi connectivity index (χ1) is 14.6. The molecule has 0 spiro atoms. The number of hydrogen-bond donors (Lipinski definition) is 0. The number of furan rings is 1. The van der Waals surface area contributed by atoms with Crippen molar-refractivity contribution in [1.29, 1.82) is 0 Å². The number of rotatable bonds is 6. The van der Waals surface area contributed by atoms with Gasteiger partial charge in [-0.2, -0.15) is 4.31 Å². The van der Waals surface area contributed by atoms with Crippen LogP contribution in [0.3, 0.4) is 0 Å². The quantitative estimate of drug-likeness (QED) is 0.679. The van der Waals surface area contributed by atoms with Gasteiger partial charge in [0.15, 0.2) is 0 Å². The Hall–Kier alpha value is -2.65. The monoisotopic (exact) mass is 447 g/mol. The highest BCUT2D eigenvalue weighted by atomic mass is 32.2. The molecule has 0 saturated carbocycles. The average Bonchev–Trinajstić information content (AvgIpc) is 3.16. The zero-order valence-corrected chi connectivity index (χ0v) is 19.2. The number of piperazine rings is 1. The minimum Gasteiger partial charge on any atom is -0.464 e. The number of aryl methyl sites for hydroxylation is 1. The van der Waals surface area contributed by atoms with Gasteiger partial charge in [0.1, 0.15) is 11.5 Å². The van der Waals surface area contributed by atoms with Crippen LogP contribution in [0.2, 0.25) is 0 Å². The van der Waals surface area contributed by atoms with Crippen molar-refractivity contribution in [2.24, 2.45) is 0 Å². The van der Waals surface area contributed by atoms with E-state index in [1.807, 2.05) is 32.9 Å². The molecule has 1 aromatic carbocycles. The lowest BCUT2D eigenvalue weighted by molar-refractivity contribution is -0.129. The zero-order valence-electron chi connectivity index (χ0n) is 18.4. The fourth-order valence-electron chi connectivity index (χ4n) is 3.57. The van der Waals surface area contributed by atoms with E-state index in [1.54, 1.807) is 21.9 Å². The molecule has 8 nitrogen and oxygen atoms in total. The second kappa shape index (κ2) is 9.23. The van der Waals surface area contributed by atoms with Crippen molar-refractivity contribution < 1.29 is 22.4 Å². The van der Waals surface area contributed by atoms with Crippen molar-refractivity contribution in [3.05, 3.63) is 53.5 Å². The molecule has 2 amide bonds. The molecule has 0 radical (unpaired) electrons. The van der Waals surface area contributed by atoms with Crippen LogP contribution < -0.4 is 0 Å². The Morgan fingerprint density at radius 3 is 2.32 bits per heavy atom. The first-order valence-corrected chi connectivity index (χ1v) is 11.8. The third-order valence-corrected chi connectivity index (χ3v) is 7.30. The van der Waals surface area contributed by atoms with E-state index in [4.69, 9.17) is 4.42 Å². The number of nitrogens with zero attached hydrogens (tertiary/aromatic N) is 3. The predicted octanol–water partition coefficient (Wildman–Crippen LogP) is 2.49. The van der Waals surface area contributed by atoms with Crippen LogP contribution in [0.15, 0.2) is 45.7 Å². The number of sulfonamides is 1. The molecule has 2 aromatic rings. The average molecular weight is 448 g/mol. The van der Waals surface area contributed by atoms with Crippen LogP contribution in [0, 0.1) is 6.92 Å². The third kappa shape index (κ3) is 5.16. The largest absolute Gasteiger partial charge is 0.464 e. The molecule has 0 bridgehead atoms. The van der Waals surface area contributed by atoms with Gasteiger partial charge >= 0.3 is 0 Å². The topological polar surface area (TPSA) is 91.1 Å². The highest BCUT2D eigenvalue weighted by Crippen LogP contribution is 2.21. The van der Waals surface area contributed by atoms with Gasteiger partial charge in [-0.15, -0.1) is 0 Å². The molecule has 0 aliphatic carbocycles. The summed E-state index contributed by atoms with van der Waals surface area (Å²) in [6, 6.07) is 9.71. The molecular weight excluding hydrogens is 418 g/mol. The summed E-state index contributed by atoms with van der Waals surface area (Å²) in [6.45, 7) is 8.61. The molecule has 1 aliphatic heterocycles. The Morgan fingerprint density at radius 2 is 1.77 bits per heavy atom. The summed E-state index contributed by atoms with van der Waals surface area (Å²) in [7, 11) is -3.76. The van der Waals surface area contributed by atoms with E-state index in [2.05, 4.69) is 0 Å². The Kier molecular flexibility index (Phi) is 6.86. The molecule has 0 unspecified atom stereocenters. The molecule has 0 N–H and O–H groups in total. The van der Waals surface area contributed by atoms with Crippen molar-refractivity contribution in [2.45, 2.75) is 45.2 Å². The second-order valence-electron chi connectivity index (χ2n) is 7.98. The van der Waals surface area contributed by atoms with Crippen molar-refractivity contribution in [1.82, 2.24) is 14.1 Å². The van der Waals surface area contributed by atoms with Crippen LogP contribution in [0.1, 0.15) is 42.6 Å². The molecule has 1 saturated heterocycles. The van der Waals surface area contributed by atoms with Crippen molar-refractivity contribution in [3.63, 3.8) is 0 Å². The van der Waals surface area contributed by atoms with Crippen molar-refractivity contribution >= 4 is 21.8 Å². The van der Waals surface area contributed by atoms with E-state index in [-0.39, 0.29) is 35.8 Å². The van der Waals surface area contributed by atoms with Crippen LogP contribution in [0.5, 0.6) is 0 Å². The lowest BCUT2D eigenvalue weighted by Crippen LogP contribution is -2.49. The molecule has 3 rings (SSSR count). The number of benzene rings is 1. The van der Waals surface area contributed by atoms with Crippen LogP contribution in [-0.4, -0.2) is 66.6 Å². The molecule has 1 aliphatic rings. The lowest BCUT2D eigenvalue weighted by Gasteiger charge is -2.33. The number of carbonyl (C=O) groups is 2. The number of amides is 2. The highest BCUT2D eigenvalue weighted by Gasteiger charge is 2.30. The zero-order chi connectivity index (χ0) is 22.8. The number of carbonyl (C=O) groups excluding carboxylic acids is 2. The molecule has 2 heterocycles. The second-order valence-corrected chi connectivity index (χ2v) is 9.92. The molecule has 0 atom stereocenters. The fraction of sp³-hybridized carbons (Fsp3) is 0.455. The normalized spacial score (nSPS) is 15.3. The van der Waals surface area contributed by atoms with Crippen molar-refractivity contribution in [2.75, 3.05) is 26.2 Å². The maximum Gasteiger partial charge on any atom is 0.254 e. The van der Waals surface area contributed by atoms with E-state index >= 15 is 0 Å². The summed E-state index contributed by atoms with van der Waals surface area (Å²) in [5.41, 5.74) is 0.306. The molecule has 168 valence electrons. The van der Waals surface area contributed by atoms with Crippen LogP contribution in [-0.2, 0) is 21.4 Å². The Morgan fingerprint density at radius 1 is 1.10 bits per heavy atom. The SMILES string of the molecule is CC(=O)N1CCN(S(=O)(=O)c2cccc(C(=O)N(Cc3ccc(C)o3)C(C)C)c2)CC1. The van der Waals surface area contributed by atoms with Gasteiger partial charge in [-0.3, -0.25) is 9.59 Å². The maximum atomic E-state index is 13.2. The summed E-state index contributed by atoms with van der Waals surface area (Å²) in [5, 5.41) is 0. The Balaban J connectivity index is 1.81. The summed E-state index contributed by atoms with van der Waals surface area (Å²) >= 11 is 0. The minimum atomic E-state index is -3.76. The van der Waals surface area contributed by atoms with Crippen molar-refractivity contribution in [3.8, 4) is 0 Å². The molecule has 9 heteroatoms. The summed E-state index contributed by atoms with van der Waals surface area (Å²) in [5.74, 6) is 1.11. The standard InChI is InChI=1S/C22H29N3O5S/c1-16(2)25(15-20-9-8-17(3)30-20)22(27)19-6-5-7-21(14-19)31(28,29)24-12-10-23(11-13-24)18(4)26/h5-9,14,16H,10-13,15H2,1-4H3. The third-order valence-electron chi connectivity index (χ3n) is 5.41. The maximum absolute atomic E-state index is 13.2. The Labute approximate surface area is 183 Å². The lowest BCUT2D eigenvalue weighted by atomic mass is 10.1. The summed E-state index contributed by atoms with van der Waals surface area (Å²) < 4.78 is 33.2. The van der Waals surface area contributed by atoms with Gasteiger partial charge in [0.05, 0.1) is 11.4 Å². The van der Waals surface area contributed by atoms with Gasteiger partial charge in [0.2, 0.25) is 15.9 Å². The van der Waals surface area contributed by atoms with Gasteiger partial charge in [0.25, 0.3) is 5.91 Å². The van der Waals surface area contributed by atoms with E-state index in [0.717, 1.165) is 5.76 Å². The summed E-state index contributed by atoms with van der Waals surface area (Å²) in [6.07, 6.45) is 0. The van der Waals surface area contributed by atoms with Gasteiger partial charge in [-0.1, -0.05) is 6.07 Å². The van der Waals surface area contributed by atoms with Crippen LogP contribution in [0.4, 0.5) is 0 Å². The van der Waals surface area contributed by atoms with Gasteiger partial charge in [-0.05, 0) is 51.1 Å². The molecule has 1 aromatic heterocycles. The van der Waals surface area contributed by atoms with E-state index in [1.165, 1.54) is 23.4 Å². The molecule has 31 heavy (non-hydrogen) atoms.